The highest BCUT2D eigenvalue weighted by Gasteiger charge is 2.22. The second-order valence-electron chi connectivity index (χ2n) is 5.01. The van der Waals surface area contributed by atoms with Crippen molar-refractivity contribution in [3.63, 3.8) is 0 Å². The molecule has 1 fully saturated rings. The molecule has 1 aromatic carbocycles. The summed E-state index contributed by atoms with van der Waals surface area (Å²) in [6.45, 7) is 2.59. The third kappa shape index (κ3) is 4.03. The molecule has 0 atom stereocenters. The van der Waals surface area contributed by atoms with Crippen LogP contribution in [0.3, 0.4) is 0 Å². The number of pyridine rings is 1. The molecule has 21 heavy (non-hydrogen) atoms. The topological polar surface area (TPSA) is 19.4 Å². The summed E-state index contributed by atoms with van der Waals surface area (Å²) in [5.41, 5.74) is 2.39. The van der Waals surface area contributed by atoms with Gasteiger partial charge in [-0.25, -0.2) is 0 Å². The van der Waals surface area contributed by atoms with Gasteiger partial charge in [0.2, 0.25) is 0 Å². The van der Waals surface area contributed by atoms with Crippen LogP contribution in [0.1, 0.15) is 11.3 Å². The Hall–Kier alpha value is -1.43. The molecule has 2 heterocycles. The molecule has 3 rings (SSSR count). The van der Waals surface area contributed by atoms with Crippen LogP contribution in [-0.4, -0.2) is 31.6 Å². The third-order valence-corrected chi connectivity index (χ3v) is 4.94. The Kier molecular flexibility index (Phi) is 4.85. The zero-order valence-electron chi connectivity index (χ0n) is 11.7. The third-order valence-electron chi connectivity index (χ3n) is 3.33. The lowest BCUT2D eigenvalue weighted by molar-refractivity contribution is 0.200. The van der Waals surface area contributed by atoms with Crippen molar-refractivity contribution >= 4 is 28.3 Å². The summed E-state index contributed by atoms with van der Waals surface area (Å²) in [6, 6.07) is 16.6. The van der Waals surface area contributed by atoms with Gasteiger partial charge in [0.25, 0.3) is 0 Å². The highest BCUT2D eigenvalue weighted by molar-refractivity contribution is 8.22. The van der Waals surface area contributed by atoms with E-state index in [1.807, 2.05) is 24.4 Å². The SMILES string of the molecule is S=C1SCN(Cc2ccccc2)CN1Cc1ccccn1. The summed E-state index contributed by atoms with van der Waals surface area (Å²) in [4.78, 5) is 9.01. The standard InChI is InChI=1S/C16H17N3S2/c20-16-19(11-15-8-4-5-9-17-15)12-18(13-21-16)10-14-6-2-1-3-7-14/h1-9H,10-13H2. The van der Waals surface area contributed by atoms with Crippen molar-refractivity contribution in [2.45, 2.75) is 13.1 Å². The predicted molar refractivity (Wildman–Crippen MR) is 91.7 cm³/mol. The first-order valence-electron chi connectivity index (χ1n) is 6.89. The number of aromatic nitrogens is 1. The van der Waals surface area contributed by atoms with Gasteiger partial charge in [0.1, 0.15) is 4.32 Å². The lowest BCUT2D eigenvalue weighted by Crippen LogP contribution is -2.43. The highest BCUT2D eigenvalue weighted by Crippen LogP contribution is 2.21. The molecule has 1 aliphatic rings. The maximum atomic E-state index is 5.48. The molecule has 0 aliphatic carbocycles. The number of thioether (sulfide) groups is 1. The molecular formula is C16H17N3S2. The molecule has 1 saturated heterocycles. The molecule has 0 radical (unpaired) electrons. The number of benzene rings is 1. The van der Waals surface area contributed by atoms with Gasteiger partial charge in [-0.1, -0.05) is 60.4 Å². The average molecular weight is 315 g/mol. The van der Waals surface area contributed by atoms with E-state index in [1.165, 1.54) is 5.56 Å². The van der Waals surface area contributed by atoms with Gasteiger partial charge < -0.3 is 4.90 Å². The van der Waals surface area contributed by atoms with Gasteiger partial charge in [0.05, 0.1) is 24.8 Å². The van der Waals surface area contributed by atoms with Crippen molar-refractivity contribution in [3.8, 4) is 0 Å². The number of nitrogens with zero attached hydrogens (tertiary/aromatic N) is 3. The van der Waals surface area contributed by atoms with Gasteiger partial charge in [-0.2, -0.15) is 0 Å². The van der Waals surface area contributed by atoms with Crippen molar-refractivity contribution in [3.05, 3.63) is 66.0 Å². The summed E-state index contributed by atoms with van der Waals surface area (Å²) >= 11 is 7.21. The van der Waals surface area contributed by atoms with E-state index < -0.39 is 0 Å². The Bertz CT molecular complexity index is 589. The summed E-state index contributed by atoms with van der Waals surface area (Å²) in [5.74, 6) is 0.951. The molecule has 108 valence electrons. The van der Waals surface area contributed by atoms with Crippen LogP contribution in [-0.2, 0) is 13.1 Å². The minimum Gasteiger partial charge on any atom is -0.339 e. The van der Waals surface area contributed by atoms with Gasteiger partial charge in [-0.15, -0.1) is 0 Å². The van der Waals surface area contributed by atoms with Gasteiger partial charge in [0, 0.05) is 12.7 Å². The minimum absolute atomic E-state index is 0.776. The number of hydrogen-bond donors (Lipinski definition) is 0. The summed E-state index contributed by atoms with van der Waals surface area (Å²) in [6.07, 6.45) is 1.83. The lowest BCUT2D eigenvalue weighted by atomic mass is 10.2. The summed E-state index contributed by atoms with van der Waals surface area (Å²) < 4.78 is 0.963. The molecule has 0 spiro atoms. The van der Waals surface area contributed by atoms with E-state index in [2.05, 4.69) is 45.1 Å². The molecule has 0 N–H and O–H groups in total. The quantitative estimate of drug-likeness (QED) is 0.804. The maximum absolute atomic E-state index is 5.48. The normalized spacial score (nSPS) is 16.2. The monoisotopic (exact) mass is 315 g/mol. The second-order valence-corrected chi connectivity index (χ2v) is 6.59. The molecule has 0 unspecified atom stereocenters. The largest absolute Gasteiger partial charge is 0.339 e. The fraction of sp³-hybridized carbons (Fsp3) is 0.250. The van der Waals surface area contributed by atoms with Gasteiger partial charge in [-0.05, 0) is 17.7 Å². The molecule has 1 aliphatic heterocycles. The first kappa shape index (κ1) is 14.5. The first-order valence-corrected chi connectivity index (χ1v) is 8.28. The van der Waals surface area contributed by atoms with Gasteiger partial charge in [-0.3, -0.25) is 9.88 Å². The molecule has 0 bridgehead atoms. The zero-order valence-corrected chi connectivity index (χ0v) is 13.3. The van der Waals surface area contributed by atoms with Crippen LogP contribution in [0.15, 0.2) is 54.7 Å². The Morgan fingerprint density at radius 2 is 1.86 bits per heavy atom. The highest BCUT2D eigenvalue weighted by atomic mass is 32.2. The Balaban J connectivity index is 1.63. The maximum Gasteiger partial charge on any atom is 0.139 e. The minimum atomic E-state index is 0.776. The fourth-order valence-corrected chi connectivity index (χ4v) is 3.37. The van der Waals surface area contributed by atoms with E-state index in [0.29, 0.717) is 0 Å². The number of rotatable bonds is 4. The Morgan fingerprint density at radius 1 is 1.05 bits per heavy atom. The van der Waals surface area contributed by atoms with E-state index in [9.17, 15) is 0 Å². The summed E-state index contributed by atoms with van der Waals surface area (Å²) in [5, 5.41) is 0. The molecule has 2 aromatic rings. The fourth-order valence-electron chi connectivity index (χ4n) is 2.32. The zero-order chi connectivity index (χ0) is 14.5. The van der Waals surface area contributed by atoms with Gasteiger partial charge in [0.15, 0.2) is 0 Å². The van der Waals surface area contributed by atoms with Crippen LogP contribution >= 0.6 is 24.0 Å². The van der Waals surface area contributed by atoms with E-state index in [4.69, 9.17) is 12.2 Å². The molecule has 1 aromatic heterocycles. The molecule has 0 saturated carbocycles. The van der Waals surface area contributed by atoms with Crippen molar-refractivity contribution in [2.24, 2.45) is 0 Å². The van der Waals surface area contributed by atoms with Crippen LogP contribution in [0.25, 0.3) is 0 Å². The second kappa shape index (κ2) is 7.02. The molecule has 3 nitrogen and oxygen atoms in total. The predicted octanol–water partition coefficient (Wildman–Crippen LogP) is 3.33. The number of hydrogen-bond acceptors (Lipinski definition) is 4. The smallest absolute Gasteiger partial charge is 0.139 e. The van der Waals surface area contributed by atoms with Crippen LogP contribution in [0.5, 0.6) is 0 Å². The van der Waals surface area contributed by atoms with E-state index >= 15 is 0 Å². The Morgan fingerprint density at radius 3 is 2.62 bits per heavy atom. The summed E-state index contributed by atoms with van der Waals surface area (Å²) in [7, 11) is 0. The molecule has 0 amide bonds. The van der Waals surface area contributed by atoms with Crippen LogP contribution in [0, 0.1) is 0 Å². The number of thiocarbonyl (C=S) groups is 1. The molecular weight excluding hydrogens is 298 g/mol. The average Bonchev–Trinajstić information content (AvgIpc) is 2.53. The lowest BCUT2D eigenvalue weighted by Gasteiger charge is -2.36. The van der Waals surface area contributed by atoms with Crippen molar-refractivity contribution in [1.29, 1.82) is 0 Å². The van der Waals surface area contributed by atoms with Crippen LogP contribution < -0.4 is 0 Å². The van der Waals surface area contributed by atoms with E-state index in [1.54, 1.807) is 11.8 Å². The van der Waals surface area contributed by atoms with E-state index in [-0.39, 0.29) is 0 Å². The van der Waals surface area contributed by atoms with E-state index in [0.717, 1.165) is 35.6 Å². The van der Waals surface area contributed by atoms with Crippen molar-refractivity contribution in [2.75, 3.05) is 12.5 Å². The van der Waals surface area contributed by atoms with Gasteiger partial charge >= 0.3 is 0 Å². The molecule has 5 heteroatoms. The van der Waals surface area contributed by atoms with Crippen LogP contribution in [0.2, 0.25) is 0 Å². The first-order chi connectivity index (χ1) is 10.3. The Labute approximate surface area is 135 Å². The van der Waals surface area contributed by atoms with Crippen molar-refractivity contribution in [1.82, 2.24) is 14.8 Å². The van der Waals surface area contributed by atoms with Crippen molar-refractivity contribution < 1.29 is 0 Å². The van der Waals surface area contributed by atoms with Crippen LogP contribution in [0.4, 0.5) is 0 Å².